The summed E-state index contributed by atoms with van der Waals surface area (Å²) in [5.41, 5.74) is 2.97. The Labute approximate surface area is 153 Å². The van der Waals surface area contributed by atoms with Crippen molar-refractivity contribution in [2.24, 2.45) is 0 Å². The zero-order valence-corrected chi connectivity index (χ0v) is 14.1. The second-order valence-corrected chi connectivity index (χ2v) is 6.26. The van der Waals surface area contributed by atoms with Gasteiger partial charge < -0.3 is 9.53 Å². The van der Waals surface area contributed by atoms with Gasteiger partial charge in [-0.05, 0) is 41.0 Å². The average Bonchev–Trinajstić information content (AvgIpc) is 2.92. The lowest BCUT2D eigenvalue weighted by Gasteiger charge is -2.21. The number of terminal acetylenes is 1. The van der Waals surface area contributed by atoms with Crippen LogP contribution in [0.1, 0.15) is 28.3 Å². The summed E-state index contributed by atoms with van der Waals surface area (Å²) in [6, 6.07) is 8.47. The van der Waals surface area contributed by atoms with Gasteiger partial charge in [0.2, 0.25) is 0 Å². The van der Waals surface area contributed by atoms with Crippen LogP contribution in [0.2, 0.25) is 5.02 Å². The van der Waals surface area contributed by atoms with Gasteiger partial charge in [0.25, 0.3) is 0 Å². The van der Waals surface area contributed by atoms with E-state index >= 15 is 0 Å². The number of aldehydes is 1. The molecule has 1 unspecified atom stereocenters. The predicted molar refractivity (Wildman–Crippen MR) is 90.6 cm³/mol. The minimum atomic E-state index is -4.73. The van der Waals surface area contributed by atoms with E-state index in [9.17, 15) is 18.0 Å². The molecule has 0 aliphatic carbocycles. The van der Waals surface area contributed by atoms with Crippen LogP contribution in [-0.4, -0.2) is 17.5 Å². The molecule has 0 saturated heterocycles. The molecule has 2 aromatic carbocycles. The van der Waals surface area contributed by atoms with Crippen LogP contribution in [-0.2, 0) is 17.9 Å². The Morgan fingerprint density at radius 1 is 1.31 bits per heavy atom. The molecule has 3 nitrogen and oxygen atoms in total. The lowest BCUT2D eigenvalue weighted by Crippen LogP contribution is -2.22. The summed E-state index contributed by atoms with van der Waals surface area (Å²) < 4.78 is 40.5. The molecular formula is C19H13ClF3NO2. The molecule has 3 rings (SSSR count). The molecule has 0 bridgehead atoms. The van der Waals surface area contributed by atoms with Crippen LogP contribution in [0.25, 0.3) is 0 Å². The van der Waals surface area contributed by atoms with Crippen LogP contribution in [0.4, 0.5) is 13.2 Å². The van der Waals surface area contributed by atoms with Crippen LogP contribution in [0.15, 0.2) is 36.4 Å². The van der Waals surface area contributed by atoms with Gasteiger partial charge in [0, 0.05) is 23.7 Å². The van der Waals surface area contributed by atoms with Crippen LogP contribution >= 0.6 is 11.6 Å². The predicted octanol–water partition coefficient (Wildman–Crippen LogP) is 4.48. The van der Waals surface area contributed by atoms with Gasteiger partial charge in [0.05, 0.1) is 6.04 Å². The minimum absolute atomic E-state index is 0.292. The molecule has 1 aliphatic rings. The zero-order chi connectivity index (χ0) is 18.9. The van der Waals surface area contributed by atoms with E-state index in [0.29, 0.717) is 23.7 Å². The first-order valence-corrected chi connectivity index (χ1v) is 8.01. The van der Waals surface area contributed by atoms with Crippen LogP contribution in [0.5, 0.6) is 5.75 Å². The molecule has 1 atom stereocenters. The lowest BCUT2D eigenvalue weighted by molar-refractivity contribution is -0.274. The number of hydrogen-bond donors (Lipinski definition) is 0. The summed E-state index contributed by atoms with van der Waals surface area (Å²) in [6.07, 6.45) is 1.48. The molecule has 1 heterocycles. The van der Waals surface area contributed by atoms with E-state index in [1.54, 1.807) is 6.07 Å². The van der Waals surface area contributed by atoms with Crippen LogP contribution in [0, 0.1) is 12.3 Å². The molecule has 0 saturated carbocycles. The number of alkyl halides is 3. The second-order valence-electron chi connectivity index (χ2n) is 5.85. The fourth-order valence-electron chi connectivity index (χ4n) is 3.06. The number of halogens is 4. The van der Waals surface area contributed by atoms with Crippen molar-refractivity contribution >= 4 is 17.9 Å². The van der Waals surface area contributed by atoms with Crippen LogP contribution in [0.3, 0.4) is 0 Å². The third kappa shape index (κ3) is 3.85. The maximum atomic E-state index is 12.2. The molecule has 7 heteroatoms. The van der Waals surface area contributed by atoms with Gasteiger partial charge in [-0.3, -0.25) is 4.90 Å². The number of fused-ring (bicyclic) bond motifs is 1. The SMILES string of the molecule is C#Cc1cc(Cl)c2c(c1)CN(Cc1ccc(OC(F)(F)F)cc1)C2C=O. The minimum Gasteiger partial charge on any atom is -0.406 e. The van der Waals surface area contributed by atoms with E-state index in [0.717, 1.165) is 23.0 Å². The summed E-state index contributed by atoms with van der Waals surface area (Å²) in [5.74, 6) is 2.23. The Morgan fingerprint density at radius 3 is 2.58 bits per heavy atom. The van der Waals surface area contributed by atoms with Crippen molar-refractivity contribution < 1.29 is 22.7 Å². The van der Waals surface area contributed by atoms with E-state index in [-0.39, 0.29) is 5.75 Å². The van der Waals surface area contributed by atoms with Gasteiger partial charge in [-0.15, -0.1) is 19.6 Å². The Bertz CT molecular complexity index is 872. The first kappa shape index (κ1) is 18.3. The van der Waals surface area contributed by atoms with E-state index in [1.807, 2.05) is 11.0 Å². The quantitative estimate of drug-likeness (QED) is 0.579. The lowest BCUT2D eigenvalue weighted by atomic mass is 10.0. The second kappa shape index (κ2) is 7.02. The summed E-state index contributed by atoms with van der Waals surface area (Å²) in [4.78, 5) is 13.5. The van der Waals surface area contributed by atoms with Gasteiger partial charge in [-0.2, -0.15) is 0 Å². The van der Waals surface area contributed by atoms with Gasteiger partial charge in [-0.1, -0.05) is 29.7 Å². The van der Waals surface area contributed by atoms with Gasteiger partial charge in [-0.25, -0.2) is 0 Å². The fourth-order valence-corrected chi connectivity index (χ4v) is 3.41. The zero-order valence-electron chi connectivity index (χ0n) is 13.4. The van der Waals surface area contributed by atoms with Crippen molar-refractivity contribution in [2.75, 3.05) is 0 Å². The van der Waals surface area contributed by atoms with Gasteiger partial charge >= 0.3 is 6.36 Å². The monoisotopic (exact) mass is 379 g/mol. The number of nitrogens with zero attached hydrogens (tertiary/aromatic N) is 1. The Morgan fingerprint density at radius 2 is 2.00 bits per heavy atom. The van der Waals surface area contributed by atoms with Crippen molar-refractivity contribution in [2.45, 2.75) is 25.5 Å². The third-order valence-electron chi connectivity index (χ3n) is 4.12. The molecule has 0 spiro atoms. The topological polar surface area (TPSA) is 29.5 Å². The van der Waals surface area contributed by atoms with E-state index < -0.39 is 12.4 Å². The molecule has 2 aromatic rings. The molecule has 0 amide bonds. The molecule has 1 aliphatic heterocycles. The molecule has 0 aromatic heterocycles. The Balaban J connectivity index is 1.79. The van der Waals surface area contributed by atoms with Crippen molar-refractivity contribution in [3.05, 3.63) is 63.7 Å². The number of rotatable bonds is 4. The van der Waals surface area contributed by atoms with E-state index in [1.165, 1.54) is 24.3 Å². The summed E-state index contributed by atoms with van der Waals surface area (Å²) >= 11 is 6.27. The van der Waals surface area contributed by atoms with Crippen molar-refractivity contribution in [1.82, 2.24) is 4.90 Å². The normalized spacial score (nSPS) is 16.8. The average molecular weight is 380 g/mol. The Hall–Kier alpha value is -2.49. The largest absolute Gasteiger partial charge is 0.573 e. The fraction of sp³-hybridized carbons (Fsp3) is 0.211. The standard InChI is InChI=1S/C19H13ClF3NO2/c1-2-12-7-14-10-24(17(11-25)18(14)16(20)8-12)9-13-3-5-15(6-4-13)26-19(21,22)23/h1,3-8,11,17H,9-10H2. The smallest absolute Gasteiger partial charge is 0.406 e. The number of carbonyl (C=O) groups excluding carboxylic acids is 1. The van der Waals surface area contributed by atoms with E-state index in [4.69, 9.17) is 18.0 Å². The molecular weight excluding hydrogens is 367 g/mol. The molecule has 134 valence electrons. The number of carbonyl (C=O) groups is 1. The maximum Gasteiger partial charge on any atom is 0.573 e. The molecule has 26 heavy (non-hydrogen) atoms. The molecule has 0 N–H and O–H groups in total. The summed E-state index contributed by atoms with van der Waals surface area (Å²) in [6.45, 7) is 0.834. The summed E-state index contributed by atoms with van der Waals surface area (Å²) in [5, 5.41) is 0.434. The van der Waals surface area contributed by atoms with Gasteiger partial charge in [0.1, 0.15) is 12.0 Å². The van der Waals surface area contributed by atoms with Crippen molar-refractivity contribution in [3.63, 3.8) is 0 Å². The first-order chi connectivity index (χ1) is 12.3. The van der Waals surface area contributed by atoms with E-state index in [2.05, 4.69) is 10.7 Å². The highest BCUT2D eigenvalue weighted by molar-refractivity contribution is 6.31. The number of benzene rings is 2. The maximum absolute atomic E-state index is 12.2. The molecule has 0 radical (unpaired) electrons. The third-order valence-corrected chi connectivity index (χ3v) is 4.43. The first-order valence-electron chi connectivity index (χ1n) is 7.63. The Kier molecular flexibility index (Phi) is 4.94. The summed E-state index contributed by atoms with van der Waals surface area (Å²) in [7, 11) is 0. The highest BCUT2D eigenvalue weighted by Gasteiger charge is 2.33. The van der Waals surface area contributed by atoms with Crippen molar-refractivity contribution in [1.29, 1.82) is 0 Å². The van der Waals surface area contributed by atoms with Crippen LogP contribution < -0.4 is 4.74 Å². The highest BCUT2D eigenvalue weighted by Crippen LogP contribution is 2.39. The van der Waals surface area contributed by atoms with Gasteiger partial charge in [0.15, 0.2) is 0 Å². The number of hydrogen-bond acceptors (Lipinski definition) is 3. The highest BCUT2D eigenvalue weighted by atomic mass is 35.5. The van der Waals surface area contributed by atoms with Crippen molar-refractivity contribution in [3.8, 4) is 18.1 Å². The number of ether oxygens (including phenoxy) is 1. The molecule has 0 fully saturated rings.